The maximum atomic E-state index is 11.4. The number of rotatable bonds is 6. The van der Waals surface area contributed by atoms with Crippen molar-refractivity contribution >= 4 is 12.1 Å². The van der Waals surface area contributed by atoms with Gasteiger partial charge in [0.2, 0.25) is 0 Å². The van der Waals surface area contributed by atoms with Crippen LogP contribution in [0.4, 0.5) is 4.79 Å². The van der Waals surface area contributed by atoms with Gasteiger partial charge in [-0.1, -0.05) is 30.3 Å². The first-order chi connectivity index (χ1) is 8.63. The Kier molecular flexibility index (Phi) is 5.66. The highest BCUT2D eigenvalue weighted by Crippen LogP contribution is 2.01. The summed E-state index contributed by atoms with van der Waals surface area (Å²) in [6, 6.07) is 8.04. The molecule has 1 rings (SSSR count). The summed E-state index contributed by atoms with van der Waals surface area (Å²) in [7, 11) is 0. The average Bonchev–Trinajstić information content (AvgIpc) is 2.37. The Balaban J connectivity index is 2.39. The summed E-state index contributed by atoms with van der Waals surface area (Å²) in [5.41, 5.74) is 4.35. The Hall–Kier alpha value is -2.08. The van der Waals surface area contributed by atoms with Gasteiger partial charge in [0.15, 0.2) is 0 Å². The molecule has 1 aromatic carbocycles. The van der Waals surface area contributed by atoms with E-state index in [-0.39, 0.29) is 13.0 Å². The molecule has 0 radical (unpaired) electrons. The van der Waals surface area contributed by atoms with Crippen LogP contribution in [0.5, 0.6) is 0 Å². The fourth-order valence-electron chi connectivity index (χ4n) is 1.36. The van der Waals surface area contributed by atoms with Crippen molar-refractivity contribution in [3.8, 4) is 0 Å². The predicted molar refractivity (Wildman–Crippen MR) is 60.9 cm³/mol. The van der Waals surface area contributed by atoms with Crippen molar-refractivity contribution in [2.75, 3.05) is 6.54 Å². The van der Waals surface area contributed by atoms with Gasteiger partial charge in [-0.2, -0.15) is 0 Å². The minimum absolute atomic E-state index is 0.0941. The van der Waals surface area contributed by atoms with Crippen LogP contribution in [0.15, 0.2) is 30.3 Å². The molecule has 0 saturated heterocycles. The zero-order valence-electron chi connectivity index (χ0n) is 9.93. The lowest BCUT2D eigenvalue weighted by Crippen LogP contribution is -2.56. The van der Waals surface area contributed by atoms with Gasteiger partial charge in [-0.15, -0.1) is 0 Å². The van der Waals surface area contributed by atoms with Gasteiger partial charge in [-0.25, -0.2) is 4.79 Å². The third kappa shape index (κ3) is 4.84. The molecule has 0 aromatic heterocycles. The van der Waals surface area contributed by atoms with Crippen LogP contribution in [0, 0.1) is 0 Å². The van der Waals surface area contributed by atoms with Crippen LogP contribution in [0.3, 0.4) is 0 Å². The van der Waals surface area contributed by atoms with Gasteiger partial charge in [-0.3, -0.25) is 0 Å². The fourth-order valence-corrected chi connectivity index (χ4v) is 1.36. The van der Waals surface area contributed by atoms with Gasteiger partial charge in [-0.05, 0) is 5.56 Å². The maximum absolute atomic E-state index is 11.4. The number of carbonyl (C=O) groups excluding carboxylic acids is 2. The van der Waals surface area contributed by atoms with Crippen LogP contribution >= 0.6 is 0 Å². The molecule has 4 N–H and O–H groups in total. The Labute approximate surface area is 105 Å². The summed E-state index contributed by atoms with van der Waals surface area (Å²) in [5, 5.41) is 12.9. The number of amides is 1. The third-order valence-electron chi connectivity index (χ3n) is 2.28. The number of alkyl carbamates (subject to hydrolysis) is 1. The van der Waals surface area contributed by atoms with Crippen molar-refractivity contribution in [2.45, 2.75) is 19.1 Å². The molecule has 6 nitrogen and oxygen atoms in total. The number of hydrogen-bond donors (Lipinski definition) is 2. The molecular formula is C12H16N2O4. The Morgan fingerprint density at radius 2 is 2.00 bits per heavy atom. The van der Waals surface area contributed by atoms with Crippen LogP contribution in [-0.4, -0.2) is 24.6 Å². The molecule has 1 atom stereocenters. The normalized spacial score (nSPS) is 11.6. The van der Waals surface area contributed by atoms with E-state index in [1.54, 1.807) is 12.1 Å². The average molecular weight is 252 g/mol. The van der Waals surface area contributed by atoms with Crippen LogP contribution in [-0.2, 0) is 16.1 Å². The molecule has 0 aliphatic heterocycles. The highest BCUT2D eigenvalue weighted by atomic mass is 16.5. The molecule has 98 valence electrons. The molecule has 0 aliphatic rings. The molecule has 1 aromatic rings. The summed E-state index contributed by atoms with van der Waals surface area (Å²) >= 11 is 0. The number of nitrogens with one attached hydrogen (secondary N) is 1. The number of hydrogen-bond acceptors (Lipinski definition) is 4. The Morgan fingerprint density at radius 3 is 2.56 bits per heavy atom. The quantitative estimate of drug-likeness (QED) is 0.653. The topological polar surface area (TPSA) is 106 Å². The lowest BCUT2D eigenvalue weighted by Gasteiger charge is -2.17. The number of aliphatic carboxylic acids is 1. The Bertz CT molecular complexity index is 394. The van der Waals surface area contributed by atoms with Crippen LogP contribution in [0.25, 0.3) is 0 Å². The van der Waals surface area contributed by atoms with E-state index in [9.17, 15) is 14.7 Å². The largest absolute Gasteiger partial charge is 0.548 e. The highest BCUT2D eigenvalue weighted by molar-refractivity contribution is 5.78. The number of carboxylic acids is 1. The van der Waals surface area contributed by atoms with Gasteiger partial charge >= 0.3 is 6.09 Å². The van der Waals surface area contributed by atoms with E-state index < -0.39 is 18.1 Å². The second-order valence-electron chi connectivity index (χ2n) is 3.72. The summed E-state index contributed by atoms with van der Waals surface area (Å²) < 4.78 is 4.89. The zero-order chi connectivity index (χ0) is 13.4. The van der Waals surface area contributed by atoms with E-state index in [1.165, 1.54) is 0 Å². The molecule has 0 fully saturated rings. The summed E-state index contributed by atoms with van der Waals surface area (Å²) in [6.07, 6.45) is -0.565. The lowest BCUT2D eigenvalue weighted by molar-refractivity contribution is -0.371. The van der Waals surface area contributed by atoms with Crippen molar-refractivity contribution in [3.63, 3.8) is 0 Å². The van der Waals surface area contributed by atoms with E-state index in [4.69, 9.17) is 4.74 Å². The minimum Gasteiger partial charge on any atom is -0.548 e. The maximum Gasteiger partial charge on any atom is 0.407 e. The summed E-state index contributed by atoms with van der Waals surface area (Å²) in [4.78, 5) is 22.1. The number of benzene rings is 1. The van der Waals surface area contributed by atoms with E-state index in [1.807, 2.05) is 18.2 Å². The van der Waals surface area contributed by atoms with Gasteiger partial charge in [0.05, 0.1) is 18.6 Å². The van der Waals surface area contributed by atoms with E-state index >= 15 is 0 Å². The molecule has 0 spiro atoms. The summed E-state index contributed by atoms with van der Waals surface area (Å²) in [5.74, 6) is -1.34. The molecule has 0 saturated carbocycles. The minimum atomic E-state index is -1.34. The van der Waals surface area contributed by atoms with E-state index in [0.717, 1.165) is 5.56 Å². The third-order valence-corrected chi connectivity index (χ3v) is 2.28. The van der Waals surface area contributed by atoms with Gasteiger partial charge in [0.25, 0.3) is 0 Å². The monoisotopic (exact) mass is 252 g/mol. The molecule has 0 unspecified atom stereocenters. The standard InChI is InChI=1S/C12H16N2O4/c13-7-6-10(11(15)16)14-12(17)18-8-9-4-2-1-3-5-9/h1-5,10H,6-8,13H2,(H,14,17)(H,15,16)/t10-/m1/s1. The van der Waals surface area contributed by atoms with Crippen LogP contribution in [0.2, 0.25) is 0 Å². The molecule has 0 bridgehead atoms. The van der Waals surface area contributed by atoms with E-state index in [2.05, 4.69) is 11.1 Å². The lowest BCUT2D eigenvalue weighted by atomic mass is 10.2. The van der Waals surface area contributed by atoms with Crippen molar-refractivity contribution in [3.05, 3.63) is 35.9 Å². The molecule has 18 heavy (non-hydrogen) atoms. The van der Waals surface area contributed by atoms with Gasteiger partial charge in [0.1, 0.15) is 6.61 Å². The molecule has 0 heterocycles. The summed E-state index contributed by atoms with van der Waals surface area (Å²) in [6.45, 7) is 0.481. The van der Waals surface area contributed by atoms with Crippen molar-refractivity contribution in [1.29, 1.82) is 0 Å². The number of quaternary nitrogens is 1. The van der Waals surface area contributed by atoms with Gasteiger partial charge < -0.3 is 25.7 Å². The number of carbonyl (C=O) groups is 2. The first-order valence-electron chi connectivity index (χ1n) is 5.61. The smallest absolute Gasteiger partial charge is 0.407 e. The molecule has 1 amide bonds. The first kappa shape index (κ1) is 14.0. The number of ether oxygens (including phenoxy) is 1. The second kappa shape index (κ2) is 7.29. The van der Waals surface area contributed by atoms with Crippen molar-refractivity contribution in [2.24, 2.45) is 0 Å². The molecule has 6 heteroatoms. The van der Waals surface area contributed by atoms with Crippen molar-refractivity contribution in [1.82, 2.24) is 5.32 Å². The Morgan fingerprint density at radius 1 is 1.33 bits per heavy atom. The predicted octanol–water partition coefficient (Wildman–Crippen LogP) is -1.34. The van der Waals surface area contributed by atoms with E-state index in [0.29, 0.717) is 6.54 Å². The molecule has 0 aliphatic carbocycles. The zero-order valence-corrected chi connectivity index (χ0v) is 9.93. The first-order valence-corrected chi connectivity index (χ1v) is 5.61. The van der Waals surface area contributed by atoms with Crippen LogP contribution < -0.4 is 16.2 Å². The fraction of sp³-hybridized carbons (Fsp3) is 0.333. The second-order valence-corrected chi connectivity index (χ2v) is 3.72. The van der Waals surface area contributed by atoms with Crippen molar-refractivity contribution < 1.29 is 25.2 Å². The van der Waals surface area contributed by atoms with Gasteiger partial charge in [0, 0.05) is 6.42 Å². The number of carboxylic acid groups (broad SMARTS) is 1. The highest BCUT2D eigenvalue weighted by Gasteiger charge is 2.14. The SMILES string of the molecule is [NH3+]CC[C@@H](NC(=O)OCc1ccccc1)C(=O)[O-]. The van der Waals surface area contributed by atoms with Crippen LogP contribution in [0.1, 0.15) is 12.0 Å². The molecular weight excluding hydrogens is 236 g/mol.